The molecule has 1 aromatic rings. The summed E-state index contributed by atoms with van der Waals surface area (Å²) in [6.45, 7) is -0.611. The number of hydrogen-bond acceptors (Lipinski definition) is 7. The predicted molar refractivity (Wildman–Crippen MR) is 60.0 cm³/mol. The van der Waals surface area contributed by atoms with Crippen molar-refractivity contribution in [2.24, 2.45) is 5.73 Å². The SMILES string of the molecule is NC(=O)c1nc(F)cn([C@@H]2O[C@H](CO)[C@H](O)[C@H]2O)c1=O. The van der Waals surface area contributed by atoms with Crippen LogP contribution in [0.2, 0.25) is 0 Å². The Morgan fingerprint density at radius 1 is 1.50 bits per heavy atom. The van der Waals surface area contributed by atoms with Crippen molar-refractivity contribution >= 4 is 5.91 Å². The summed E-state index contributed by atoms with van der Waals surface area (Å²) >= 11 is 0. The van der Waals surface area contributed by atoms with Crippen LogP contribution < -0.4 is 11.3 Å². The molecule has 0 unspecified atom stereocenters. The molecule has 110 valence electrons. The number of aliphatic hydroxyl groups is 3. The summed E-state index contributed by atoms with van der Waals surface area (Å²) in [5, 5.41) is 28.3. The van der Waals surface area contributed by atoms with E-state index in [2.05, 4.69) is 4.98 Å². The van der Waals surface area contributed by atoms with Crippen LogP contribution in [0.3, 0.4) is 0 Å². The Balaban J connectivity index is 2.49. The van der Waals surface area contributed by atoms with E-state index in [9.17, 15) is 24.2 Å². The van der Waals surface area contributed by atoms with Crippen molar-refractivity contribution in [2.75, 3.05) is 6.61 Å². The van der Waals surface area contributed by atoms with Gasteiger partial charge in [0, 0.05) is 0 Å². The Morgan fingerprint density at radius 2 is 2.15 bits per heavy atom. The van der Waals surface area contributed by atoms with E-state index in [4.69, 9.17) is 15.6 Å². The van der Waals surface area contributed by atoms with Crippen molar-refractivity contribution in [3.05, 3.63) is 28.2 Å². The normalized spacial score (nSPS) is 29.6. The van der Waals surface area contributed by atoms with Gasteiger partial charge in [0.1, 0.15) is 18.3 Å². The van der Waals surface area contributed by atoms with Crippen molar-refractivity contribution in [2.45, 2.75) is 24.5 Å². The minimum Gasteiger partial charge on any atom is -0.394 e. The van der Waals surface area contributed by atoms with E-state index >= 15 is 0 Å². The summed E-state index contributed by atoms with van der Waals surface area (Å²) in [4.78, 5) is 26.0. The molecule has 0 aromatic carbocycles. The van der Waals surface area contributed by atoms with E-state index in [0.717, 1.165) is 0 Å². The maximum atomic E-state index is 13.3. The van der Waals surface area contributed by atoms with E-state index in [0.29, 0.717) is 10.8 Å². The molecule has 0 radical (unpaired) electrons. The molecule has 2 rings (SSSR count). The summed E-state index contributed by atoms with van der Waals surface area (Å²) in [5.41, 5.74) is 2.96. The average Bonchev–Trinajstić information content (AvgIpc) is 2.68. The fourth-order valence-corrected chi connectivity index (χ4v) is 1.94. The summed E-state index contributed by atoms with van der Waals surface area (Å²) in [6, 6.07) is 0. The van der Waals surface area contributed by atoms with Gasteiger partial charge in [0.15, 0.2) is 11.9 Å². The third-order valence-corrected chi connectivity index (χ3v) is 2.93. The van der Waals surface area contributed by atoms with Crippen molar-refractivity contribution in [3.63, 3.8) is 0 Å². The number of ether oxygens (including phenoxy) is 1. The number of aliphatic hydroxyl groups excluding tert-OH is 3. The number of carbonyl (C=O) groups is 1. The van der Waals surface area contributed by atoms with Crippen LogP contribution in [0.1, 0.15) is 16.7 Å². The number of hydrogen-bond donors (Lipinski definition) is 4. The third-order valence-electron chi connectivity index (χ3n) is 2.93. The number of amides is 1. The lowest BCUT2D eigenvalue weighted by molar-refractivity contribution is -0.0550. The molecule has 1 aliphatic heterocycles. The summed E-state index contributed by atoms with van der Waals surface area (Å²) in [5.74, 6) is -2.42. The molecule has 20 heavy (non-hydrogen) atoms. The van der Waals surface area contributed by atoms with Gasteiger partial charge in [-0.3, -0.25) is 14.2 Å². The van der Waals surface area contributed by atoms with Crippen molar-refractivity contribution in [1.29, 1.82) is 0 Å². The van der Waals surface area contributed by atoms with E-state index in [-0.39, 0.29) is 0 Å². The second-order valence-electron chi connectivity index (χ2n) is 4.22. The Bertz CT molecular complexity index is 591. The van der Waals surface area contributed by atoms with Crippen LogP contribution in [0, 0.1) is 5.95 Å². The van der Waals surface area contributed by atoms with Crippen LogP contribution >= 0.6 is 0 Å². The number of rotatable bonds is 3. The minimum absolute atomic E-state index is 0.561. The lowest BCUT2D eigenvalue weighted by atomic mass is 10.1. The van der Waals surface area contributed by atoms with E-state index in [1.54, 1.807) is 0 Å². The van der Waals surface area contributed by atoms with Gasteiger partial charge in [-0.15, -0.1) is 0 Å². The van der Waals surface area contributed by atoms with Gasteiger partial charge in [-0.1, -0.05) is 0 Å². The standard InChI is InChI=1S/C10H12FN3O6/c11-4-1-14(9(19)5(13-4)8(12)18)10-7(17)6(16)3(2-15)20-10/h1,3,6-7,10,15-17H,2H2,(H2,12,18)/t3-,6+,7-,10-/m1/s1. The first kappa shape index (κ1) is 14.5. The molecule has 2 heterocycles. The van der Waals surface area contributed by atoms with Gasteiger partial charge in [0.25, 0.3) is 11.5 Å². The Labute approximate surface area is 111 Å². The topological polar surface area (TPSA) is 148 Å². The zero-order chi connectivity index (χ0) is 15.0. The smallest absolute Gasteiger partial charge is 0.284 e. The number of halogens is 1. The molecule has 1 saturated heterocycles. The monoisotopic (exact) mass is 289 g/mol. The van der Waals surface area contributed by atoms with Crippen LogP contribution in [0.4, 0.5) is 4.39 Å². The Morgan fingerprint density at radius 3 is 2.65 bits per heavy atom. The molecule has 1 fully saturated rings. The molecule has 9 nitrogen and oxygen atoms in total. The zero-order valence-electron chi connectivity index (χ0n) is 10.0. The van der Waals surface area contributed by atoms with Crippen LogP contribution in [0.25, 0.3) is 0 Å². The number of nitrogens with zero attached hydrogens (tertiary/aromatic N) is 2. The van der Waals surface area contributed by atoms with Gasteiger partial charge < -0.3 is 25.8 Å². The van der Waals surface area contributed by atoms with Gasteiger partial charge in [-0.2, -0.15) is 4.39 Å². The molecule has 5 N–H and O–H groups in total. The third kappa shape index (κ3) is 2.29. The average molecular weight is 289 g/mol. The van der Waals surface area contributed by atoms with Crippen molar-refractivity contribution < 1.29 is 29.2 Å². The lowest BCUT2D eigenvalue weighted by Crippen LogP contribution is -2.38. The maximum absolute atomic E-state index is 13.3. The minimum atomic E-state index is -1.59. The summed E-state index contributed by atoms with van der Waals surface area (Å²) in [7, 11) is 0. The summed E-state index contributed by atoms with van der Waals surface area (Å²) in [6.07, 6.45) is -5.06. The molecule has 1 aliphatic rings. The van der Waals surface area contributed by atoms with Gasteiger partial charge in [-0.25, -0.2) is 4.98 Å². The number of aromatic nitrogens is 2. The first-order valence-corrected chi connectivity index (χ1v) is 5.57. The van der Waals surface area contributed by atoms with Crippen LogP contribution in [-0.4, -0.2) is 55.7 Å². The van der Waals surface area contributed by atoms with E-state index < -0.39 is 54.3 Å². The van der Waals surface area contributed by atoms with E-state index in [1.807, 2.05) is 0 Å². The second kappa shape index (κ2) is 5.25. The molecule has 1 amide bonds. The van der Waals surface area contributed by atoms with Gasteiger partial charge >= 0.3 is 0 Å². The van der Waals surface area contributed by atoms with E-state index in [1.165, 1.54) is 0 Å². The lowest BCUT2D eigenvalue weighted by Gasteiger charge is -2.17. The largest absolute Gasteiger partial charge is 0.394 e. The highest BCUT2D eigenvalue weighted by Gasteiger charge is 2.44. The Kier molecular flexibility index (Phi) is 3.81. The first-order chi connectivity index (χ1) is 9.36. The molecular formula is C10H12FN3O6. The second-order valence-corrected chi connectivity index (χ2v) is 4.22. The maximum Gasteiger partial charge on any atom is 0.284 e. The molecular weight excluding hydrogens is 277 g/mol. The molecule has 0 spiro atoms. The first-order valence-electron chi connectivity index (χ1n) is 5.57. The van der Waals surface area contributed by atoms with Gasteiger partial charge in [0.05, 0.1) is 12.8 Å². The molecule has 1 aromatic heterocycles. The predicted octanol–water partition coefficient (Wildman–Crippen LogP) is -2.91. The number of nitrogens with two attached hydrogens (primary N) is 1. The molecule has 0 bridgehead atoms. The van der Waals surface area contributed by atoms with Crippen molar-refractivity contribution in [3.8, 4) is 0 Å². The molecule has 4 atom stereocenters. The molecule has 0 saturated carbocycles. The number of carbonyl (C=O) groups excluding carboxylic acids is 1. The number of primary amides is 1. The zero-order valence-corrected chi connectivity index (χ0v) is 10.0. The van der Waals surface area contributed by atoms with Crippen molar-refractivity contribution in [1.82, 2.24) is 9.55 Å². The highest BCUT2D eigenvalue weighted by atomic mass is 19.1. The fraction of sp³-hybridized carbons (Fsp3) is 0.500. The van der Waals surface area contributed by atoms with Crippen LogP contribution in [0.15, 0.2) is 11.0 Å². The summed E-state index contributed by atoms with van der Waals surface area (Å²) < 4.78 is 18.9. The van der Waals surface area contributed by atoms with Crippen LogP contribution in [0.5, 0.6) is 0 Å². The quantitative estimate of drug-likeness (QED) is 0.466. The Hall–Kier alpha value is -1.88. The molecule has 10 heteroatoms. The molecule has 0 aliphatic carbocycles. The van der Waals surface area contributed by atoms with Gasteiger partial charge in [0.2, 0.25) is 5.95 Å². The van der Waals surface area contributed by atoms with Gasteiger partial charge in [-0.05, 0) is 0 Å². The highest BCUT2D eigenvalue weighted by molar-refractivity contribution is 5.90. The van der Waals surface area contributed by atoms with Crippen LogP contribution in [-0.2, 0) is 4.74 Å². The fourth-order valence-electron chi connectivity index (χ4n) is 1.94. The highest BCUT2D eigenvalue weighted by Crippen LogP contribution is 2.28.